The molecule has 0 radical (unpaired) electrons. The fourth-order valence-electron chi connectivity index (χ4n) is 2.23. The van der Waals surface area contributed by atoms with E-state index in [1.165, 1.54) is 5.56 Å². The van der Waals surface area contributed by atoms with E-state index in [9.17, 15) is 0 Å². The van der Waals surface area contributed by atoms with Crippen molar-refractivity contribution in [3.63, 3.8) is 0 Å². The molecular weight excluding hydrogens is 332 g/mol. The number of hydrogen-bond donors (Lipinski definition) is 2. The van der Waals surface area contributed by atoms with E-state index < -0.39 is 0 Å². The third-order valence-electron chi connectivity index (χ3n) is 3.34. The van der Waals surface area contributed by atoms with E-state index in [1.54, 1.807) is 14.2 Å². The second kappa shape index (κ2) is 6.93. The molecule has 0 aliphatic rings. The summed E-state index contributed by atoms with van der Waals surface area (Å²) in [5.74, 6) is 7.23. The van der Waals surface area contributed by atoms with Crippen LogP contribution in [0.25, 0.3) is 0 Å². The Morgan fingerprint density at radius 2 is 1.67 bits per heavy atom. The monoisotopic (exact) mass is 350 g/mol. The van der Waals surface area contributed by atoms with Gasteiger partial charge in [-0.05, 0) is 41.8 Å². The van der Waals surface area contributed by atoms with E-state index in [2.05, 4.69) is 39.6 Å². The molecule has 2 aromatic carbocycles. The molecule has 112 valence electrons. The first-order valence-electron chi connectivity index (χ1n) is 6.54. The number of hydrogen-bond acceptors (Lipinski definition) is 4. The van der Waals surface area contributed by atoms with Gasteiger partial charge in [-0.3, -0.25) is 5.84 Å². The number of nitrogens with one attached hydrogen (secondary N) is 1. The minimum Gasteiger partial charge on any atom is -0.497 e. The van der Waals surface area contributed by atoms with Gasteiger partial charge in [-0.25, -0.2) is 5.43 Å². The fourth-order valence-corrected chi connectivity index (χ4v) is 2.95. The Balaban J connectivity index is 2.50. The molecule has 0 aromatic heterocycles. The van der Waals surface area contributed by atoms with Crippen molar-refractivity contribution in [3.05, 3.63) is 57.6 Å². The van der Waals surface area contributed by atoms with Gasteiger partial charge in [-0.15, -0.1) is 0 Å². The Hall–Kier alpha value is -1.56. The van der Waals surface area contributed by atoms with Crippen molar-refractivity contribution in [2.45, 2.75) is 13.0 Å². The van der Waals surface area contributed by atoms with Gasteiger partial charge in [0.05, 0.1) is 20.3 Å². The summed E-state index contributed by atoms with van der Waals surface area (Å²) in [6.07, 6.45) is 0. The van der Waals surface area contributed by atoms with Crippen molar-refractivity contribution in [3.8, 4) is 11.5 Å². The number of methoxy groups -OCH3 is 2. The number of halogens is 1. The Morgan fingerprint density at radius 3 is 2.14 bits per heavy atom. The summed E-state index contributed by atoms with van der Waals surface area (Å²) in [4.78, 5) is 0. The smallest absolute Gasteiger partial charge is 0.122 e. The van der Waals surface area contributed by atoms with Crippen LogP contribution in [-0.4, -0.2) is 14.2 Å². The Labute approximate surface area is 133 Å². The number of nitrogens with two attached hydrogens (primary N) is 1. The summed E-state index contributed by atoms with van der Waals surface area (Å²) in [6.45, 7) is 2.05. The molecule has 0 aliphatic carbocycles. The number of benzene rings is 2. The SMILES string of the molecule is COc1cc(OC)cc(C(NN)c2ccc(C)cc2Br)c1. The maximum Gasteiger partial charge on any atom is 0.122 e. The van der Waals surface area contributed by atoms with Gasteiger partial charge in [0.1, 0.15) is 11.5 Å². The first-order valence-corrected chi connectivity index (χ1v) is 7.33. The highest BCUT2D eigenvalue weighted by molar-refractivity contribution is 9.10. The zero-order valence-corrected chi connectivity index (χ0v) is 13.9. The highest BCUT2D eigenvalue weighted by Gasteiger charge is 2.17. The van der Waals surface area contributed by atoms with Gasteiger partial charge in [0.15, 0.2) is 0 Å². The van der Waals surface area contributed by atoms with E-state index in [-0.39, 0.29) is 6.04 Å². The zero-order valence-electron chi connectivity index (χ0n) is 12.3. The molecule has 4 nitrogen and oxygen atoms in total. The van der Waals surface area contributed by atoms with E-state index >= 15 is 0 Å². The second-order valence-corrected chi connectivity index (χ2v) is 5.62. The van der Waals surface area contributed by atoms with E-state index in [0.29, 0.717) is 0 Å². The molecule has 0 saturated heterocycles. The fraction of sp³-hybridized carbons (Fsp3) is 0.250. The molecule has 0 bridgehead atoms. The first-order chi connectivity index (χ1) is 10.1. The van der Waals surface area contributed by atoms with Crippen LogP contribution in [0.3, 0.4) is 0 Å². The van der Waals surface area contributed by atoms with Crippen LogP contribution in [0.15, 0.2) is 40.9 Å². The first kappa shape index (κ1) is 15.8. The molecule has 21 heavy (non-hydrogen) atoms. The number of ether oxygens (including phenoxy) is 2. The van der Waals surface area contributed by atoms with Crippen molar-refractivity contribution in [1.82, 2.24) is 5.43 Å². The summed E-state index contributed by atoms with van der Waals surface area (Å²) in [5, 5.41) is 0. The summed E-state index contributed by atoms with van der Waals surface area (Å²) in [7, 11) is 3.26. The summed E-state index contributed by atoms with van der Waals surface area (Å²) in [5.41, 5.74) is 6.07. The molecule has 5 heteroatoms. The van der Waals surface area contributed by atoms with Crippen LogP contribution in [0, 0.1) is 6.92 Å². The van der Waals surface area contributed by atoms with Gasteiger partial charge in [0, 0.05) is 10.5 Å². The largest absolute Gasteiger partial charge is 0.497 e. The normalized spacial score (nSPS) is 12.0. The highest BCUT2D eigenvalue weighted by atomic mass is 79.9. The average Bonchev–Trinajstić information content (AvgIpc) is 2.49. The predicted molar refractivity (Wildman–Crippen MR) is 87.6 cm³/mol. The molecule has 2 rings (SSSR count). The Bertz CT molecular complexity index is 609. The van der Waals surface area contributed by atoms with E-state index in [1.807, 2.05) is 25.1 Å². The third-order valence-corrected chi connectivity index (χ3v) is 4.03. The molecule has 0 fully saturated rings. The van der Waals surface area contributed by atoms with Crippen molar-refractivity contribution in [2.75, 3.05) is 14.2 Å². The Morgan fingerprint density at radius 1 is 1.05 bits per heavy atom. The lowest BCUT2D eigenvalue weighted by Crippen LogP contribution is -2.29. The van der Waals surface area contributed by atoms with Crippen molar-refractivity contribution in [2.24, 2.45) is 5.84 Å². The van der Waals surface area contributed by atoms with E-state index in [0.717, 1.165) is 27.1 Å². The van der Waals surface area contributed by atoms with Gasteiger partial charge < -0.3 is 9.47 Å². The minimum absolute atomic E-state index is 0.163. The molecule has 0 aliphatic heterocycles. The van der Waals surface area contributed by atoms with E-state index in [4.69, 9.17) is 15.3 Å². The maximum atomic E-state index is 5.77. The van der Waals surface area contributed by atoms with Crippen LogP contribution >= 0.6 is 15.9 Å². The second-order valence-electron chi connectivity index (χ2n) is 4.77. The predicted octanol–water partition coefficient (Wildman–Crippen LogP) is 3.33. The molecule has 0 saturated carbocycles. The van der Waals surface area contributed by atoms with Crippen LogP contribution in [0.5, 0.6) is 11.5 Å². The van der Waals surface area contributed by atoms with Crippen LogP contribution in [0.2, 0.25) is 0 Å². The molecule has 0 heterocycles. The lowest BCUT2D eigenvalue weighted by molar-refractivity contribution is 0.392. The lowest BCUT2D eigenvalue weighted by Gasteiger charge is -2.20. The standard InChI is InChI=1S/C16H19BrN2O2/c1-10-4-5-14(15(17)6-10)16(19-18)11-7-12(20-2)9-13(8-11)21-3/h4-9,16,19H,18H2,1-3H3. The average molecular weight is 351 g/mol. The van der Waals surface area contributed by atoms with Crippen molar-refractivity contribution < 1.29 is 9.47 Å². The minimum atomic E-state index is -0.163. The van der Waals surface area contributed by atoms with Gasteiger partial charge in [-0.2, -0.15) is 0 Å². The topological polar surface area (TPSA) is 56.5 Å². The molecule has 2 aromatic rings. The van der Waals surface area contributed by atoms with Gasteiger partial charge in [0.25, 0.3) is 0 Å². The van der Waals surface area contributed by atoms with Crippen LogP contribution in [0.4, 0.5) is 0 Å². The van der Waals surface area contributed by atoms with Crippen LogP contribution in [-0.2, 0) is 0 Å². The summed E-state index contributed by atoms with van der Waals surface area (Å²) in [6, 6.07) is 11.7. The van der Waals surface area contributed by atoms with Gasteiger partial charge >= 0.3 is 0 Å². The number of rotatable bonds is 5. The van der Waals surface area contributed by atoms with Crippen molar-refractivity contribution >= 4 is 15.9 Å². The molecule has 1 unspecified atom stereocenters. The summed E-state index contributed by atoms with van der Waals surface area (Å²) < 4.78 is 11.6. The molecule has 0 amide bonds. The van der Waals surface area contributed by atoms with Gasteiger partial charge in [-0.1, -0.05) is 28.1 Å². The third kappa shape index (κ3) is 3.56. The Kier molecular flexibility index (Phi) is 5.22. The lowest BCUT2D eigenvalue weighted by atomic mass is 9.98. The quantitative estimate of drug-likeness (QED) is 0.641. The van der Waals surface area contributed by atoms with Crippen LogP contribution < -0.4 is 20.7 Å². The highest BCUT2D eigenvalue weighted by Crippen LogP contribution is 2.33. The van der Waals surface area contributed by atoms with Crippen LogP contribution in [0.1, 0.15) is 22.7 Å². The maximum absolute atomic E-state index is 5.77. The summed E-state index contributed by atoms with van der Waals surface area (Å²) >= 11 is 3.60. The van der Waals surface area contributed by atoms with Crippen molar-refractivity contribution in [1.29, 1.82) is 0 Å². The van der Waals surface area contributed by atoms with Gasteiger partial charge in [0.2, 0.25) is 0 Å². The number of aryl methyl sites for hydroxylation is 1. The zero-order chi connectivity index (χ0) is 15.4. The molecule has 3 N–H and O–H groups in total. The number of hydrazine groups is 1. The molecule has 1 atom stereocenters. The molecule has 0 spiro atoms. The molecular formula is C16H19BrN2O2.